The average Bonchev–Trinajstić information content (AvgIpc) is 3.11. The van der Waals surface area contributed by atoms with Gasteiger partial charge in [0.25, 0.3) is 0 Å². The number of benzene rings is 1. The van der Waals surface area contributed by atoms with Gasteiger partial charge in [-0.15, -0.1) is 0 Å². The highest BCUT2D eigenvalue weighted by molar-refractivity contribution is 5.76. The lowest BCUT2D eigenvalue weighted by atomic mass is 10.2. The normalized spacial score (nSPS) is 11.1. The van der Waals surface area contributed by atoms with Crippen LogP contribution in [0.5, 0.6) is 0 Å². The largest absolute Gasteiger partial charge is 0.435 e. The molecule has 0 N–H and O–H groups in total. The highest BCUT2D eigenvalue weighted by Crippen LogP contribution is 2.28. The number of nitrogens with zero attached hydrogens (tertiary/aromatic N) is 4. The zero-order valence-corrected chi connectivity index (χ0v) is 11.4. The third kappa shape index (κ3) is 1.90. The zero-order chi connectivity index (χ0) is 14.2. The fourth-order valence-corrected chi connectivity index (χ4v) is 2.43. The number of oxazole rings is 1. The van der Waals surface area contributed by atoms with Gasteiger partial charge in [-0.05, 0) is 24.3 Å². The Kier molecular flexibility index (Phi) is 2.57. The molecule has 0 amide bonds. The number of hydrogen-bond acceptors (Lipinski definition) is 4. The van der Waals surface area contributed by atoms with Crippen molar-refractivity contribution in [2.75, 3.05) is 0 Å². The van der Waals surface area contributed by atoms with Gasteiger partial charge in [0.05, 0.1) is 5.69 Å². The van der Waals surface area contributed by atoms with Crippen molar-refractivity contribution >= 4 is 11.1 Å². The third-order valence-corrected chi connectivity index (χ3v) is 3.49. The molecule has 0 radical (unpaired) electrons. The third-order valence-electron chi connectivity index (χ3n) is 3.49. The van der Waals surface area contributed by atoms with Gasteiger partial charge in [-0.3, -0.25) is 0 Å². The molecule has 0 atom stereocenters. The second-order valence-corrected chi connectivity index (χ2v) is 4.78. The summed E-state index contributed by atoms with van der Waals surface area (Å²) in [5.41, 5.74) is 4.55. The van der Waals surface area contributed by atoms with Crippen molar-refractivity contribution in [2.45, 2.75) is 0 Å². The molecule has 4 aromatic rings. The molecular weight excluding hydrogens is 264 g/mol. The van der Waals surface area contributed by atoms with Crippen molar-refractivity contribution in [3.05, 3.63) is 55.1 Å². The Bertz CT molecular complexity index is 875. The first-order valence-electron chi connectivity index (χ1n) is 6.60. The molecule has 102 valence electrons. The van der Waals surface area contributed by atoms with E-state index < -0.39 is 0 Å². The van der Waals surface area contributed by atoms with Gasteiger partial charge in [0.2, 0.25) is 5.89 Å². The van der Waals surface area contributed by atoms with Crippen molar-refractivity contribution < 1.29 is 4.42 Å². The van der Waals surface area contributed by atoms with Crippen LogP contribution in [-0.4, -0.2) is 19.5 Å². The maximum atomic E-state index is 5.82. The molecule has 0 unspecified atom stereocenters. The summed E-state index contributed by atoms with van der Waals surface area (Å²) in [5, 5.41) is 0. The smallest absolute Gasteiger partial charge is 0.244 e. The molecule has 0 aliphatic rings. The summed E-state index contributed by atoms with van der Waals surface area (Å²) in [6, 6.07) is 11.8. The minimum Gasteiger partial charge on any atom is -0.435 e. The van der Waals surface area contributed by atoms with Crippen molar-refractivity contribution in [1.29, 1.82) is 0 Å². The molecule has 0 aliphatic heterocycles. The zero-order valence-electron chi connectivity index (χ0n) is 11.4. The van der Waals surface area contributed by atoms with E-state index in [2.05, 4.69) is 15.0 Å². The van der Waals surface area contributed by atoms with E-state index in [1.54, 1.807) is 12.4 Å². The first-order valence-corrected chi connectivity index (χ1v) is 6.60. The number of para-hydroxylation sites is 2. The van der Waals surface area contributed by atoms with Crippen LogP contribution < -0.4 is 0 Å². The SMILES string of the molecule is Cn1c(-c2cncnc2)ccc1-c1nc2ccccc2o1. The molecule has 0 saturated carbocycles. The van der Waals surface area contributed by atoms with Gasteiger partial charge >= 0.3 is 0 Å². The fourth-order valence-electron chi connectivity index (χ4n) is 2.43. The van der Waals surface area contributed by atoms with Gasteiger partial charge in [-0.1, -0.05) is 12.1 Å². The molecule has 1 aromatic carbocycles. The maximum Gasteiger partial charge on any atom is 0.244 e. The quantitative estimate of drug-likeness (QED) is 0.563. The Balaban J connectivity index is 1.85. The Morgan fingerprint density at radius 1 is 0.952 bits per heavy atom. The maximum absolute atomic E-state index is 5.82. The molecule has 4 rings (SSSR count). The molecule has 0 aliphatic carbocycles. The van der Waals surface area contributed by atoms with Crippen molar-refractivity contribution in [3.63, 3.8) is 0 Å². The van der Waals surface area contributed by atoms with Crippen molar-refractivity contribution in [2.24, 2.45) is 7.05 Å². The molecular formula is C16H12N4O. The predicted octanol–water partition coefficient (Wildman–Crippen LogP) is 3.29. The van der Waals surface area contributed by atoms with E-state index in [1.807, 2.05) is 48.0 Å². The molecule has 3 heterocycles. The van der Waals surface area contributed by atoms with Gasteiger partial charge in [0.15, 0.2) is 5.58 Å². The van der Waals surface area contributed by atoms with Gasteiger partial charge < -0.3 is 8.98 Å². The Morgan fingerprint density at radius 2 is 1.71 bits per heavy atom. The predicted molar refractivity (Wildman–Crippen MR) is 79.4 cm³/mol. The summed E-state index contributed by atoms with van der Waals surface area (Å²) in [6.45, 7) is 0. The number of hydrogen-bond donors (Lipinski definition) is 0. The van der Waals surface area contributed by atoms with Crippen LogP contribution in [-0.2, 0) is 7.05 Å². The Hall–Kier alpha value is -2.95. The van der Waals surface area contributed by atoms with Gasteiger partial charge in [0, 0.05) is 25.0 Å². The summed E-state index contributed by atoms with van der Waals surface area (Å²) in [4.78, 5) is 12.6. The lowest BCUT2D eigenvalue weighted by Crippen LogP contribution is -1.95. The monoisotopic (exact) mass is 276 g/mol. The van der Waals surface area contributed by atoms with E-state index in [0.717, 1.165) is 28.1 Å². The van der Waals surface area contributed by atoms with Crippen LogP contribution in [0.1, 0.15) is 0 Å². The topological polar surface area (TPSA) is 56.7 Å². The van der Waals surface area contributed by atoms with Crippen LogP contribution in [0.3, 0.4) is 0 Å². The van der Waals surface area contributed by atoms with Gasteiger partial charge in [-0.2, -0.15) is 0 Å². The van der Waals surface area contributed by atoms with E-state index in [-0.39, 0.29) is 0 Å². The number of fused-ring (bicyclic) bond motifs is 1. The first kappa shape index (κ1) is 11.8. The lowest BCUT2D eigenvalue weighted by Gasteiger charge is -2.04. The van der Waals surface area contributed by atoms with Crippen LogP contribution in [0.4, 0.5) is 0 Å². The summed E-state index contributed by atoms with van der Waals surface area (Å²) in [6.07, 6.45) is 5.10. The number of rotatable bonds is 2. The summed E-state index contributed by atoms with van der Waals surface area (Å²) in [5.74, 6) is 0.613. The van der Waals surface area contributed by atoms with Crippen LogP contribution in [0.2, 0.25) is 0 Å². The van der Waals surface area contributed by atoms with Crippen LogP contribution in [0.15, 0.2) is 59.5 Å². The summed E-state index contributed by atoms with van der Waals surface area (Å²) in [7, 11) is 1.98. The summed E-state index contributed by atoms with van der Waals surface area (Å²) >= 11 is 0. The molecule has 0 saturated heterocycles. The second kappa shape index (κ2) is 4.56. The second-order valence-electron chi connectivity index (χ2n) is 4.78. The Morgan fingerprint density at radius 3 is 2.52 bits per heavy atom. The van der Waals surface area contributed by atoms with Gasteiger partial charge in [-0.25, -0.2) is 15.0 Å². The average molecular weight is 276 g/mol. The molecule has 0 fully saturated rings. The highest BCUT2D eigenvalue weighted by atomic mass is 16.3. The minimum absolute atomic E-state index is 0.613. The first-order chi connectivity index (χ1) is 10.3. The van der Waals surface area contributed by atoms with E-state index in [1.165, 1.54) is 6.33 Å². The minimum atomic E-state index is 0.613. The summed E-state index contributed by atoms with van der Waals surface area (Å²) < 4.78 is 7.85. The van der Waals surface area contributed by atoms with Crippen LogP contribution in [0, 0.1) is 0 Å². The van der Waals surface area contributed by atoms with Crippen molar-refractivity contribution in [3.8, 4) is 22.8 Å². The lowest BCUT2D eigenvalue weighted by molar-refractivity contribution is 0.612. The molecule has 5 nitrogen and oxygen atoms in total. The molecule has 3 aromatic heterocycles. The Labute approximate surface area is 120 Å². The fraction of sp³-hybridized carbons (Fsp3) is 0.0625. The van der Waals surface area contributed by atoms with Crippen molar-refractivity contribution in [1.82, 2.24) is 19.5 Å². The van der Waals surface area contributed by atoms with Crippen LogP contribution >= 0.6 is 0 Å². The van der Waals surface area contributed by atoms with E-state index in [9.17, 15) is 0 Å². The molecule has 0 bridgehead atoms. The molecule has 21 heavy (non-hydrogen) atoms. The molecule has 0 spiro atoms. The van der Waals surface area contributed by atoms with Gasteiger partial charge in [0.1, 0.15) is 17.5 Å². The van der Waals surface area contributed by atoms with E-state index in [0.29, 0.717) is 5.89 Å². The van der Waals surface area contributed by atoms with Crippen LogP contribution in [0.25, 0.3) is 33.9 Å². The highest BCUT2D eigenvalue weighted by Gasteiger charge is 2.14. The standard InChI is InChI=1S/C16H12N4O/c1-20-13(11-8-17-10-18-9-11)6-7-14(20)16-19-12-4-2-3-5-15(12)21-16/h2-10H,1H3. The van der Waals surface area contributed by atoms with E-state index in [4.69, 9.17) is 4.42 Å². The number of aromatic nitrogens is 4. The van der Waals surface area contributed by atoms with E-state index >= 15 is 0 Å². The molecule has 5 heteroatoms.